The van der Waals surface area contributed by atoms with Crippen molar-refractivity contribution in [2.75, 3.05) is 7.05 Å². The van der Waals surface area contributed by atoms with Gasteiger partial charge in [-0.1, -0.05) is 30.3 Å². The standard InChI is InChI=1S/C17H23NO2/c1-12(13-6-4-3-5-7-13)17(19)20-16-10-14-8-9-15(11-16)18(14)2/h3-7,12,14-16H,8-11H2,1-2H3/t12?,14-,15+,16-. The normalized spacial score (nSPS) is 31.0. The average Bonchev–Trinajstić information content (AvgIpc) is 2.69. The second-order valence-corrected chi connectivity index (χ2v) is 6.21. The molecule has 108 valence electrons. The van der Waals surface area contributed by atoms with Crippen molar-refractivity contribution in [1.82, 2.24) is 4.90 Å². The predicted molar refractivity (Wildman–Crippen MR) is 78.5 cm³/mol. The maximum absolute atomic E-state index is 12.3. The van der Waals surface area contributed by atoms with Crippen molar-refractivity contribution >= 4 is 5.97 Å². The van der Waals surface area contributed by atoms with Crippen LogP contribution in [0.3, 0.4) is 0 Å². The Bertz CT molecular complexity index is 459. The molecule has 3 nitrogen and oxygen atoms in total. The van der Waals surface area contributed by atoms with Crippen molar-refractivity contribution in [3.05, 3.63) is 35.9 Å². The van der Waals surface area contributed by atoms with Gasteiger partial charge in [0.15, 0.2) is 0 Å². The van der Waals surface area contributed by atoms with E-state index in [0.717, 1.165) is 18.4 Å². The molecular weight excluding hydrogens is 250 g/mol. The number of hydrogen-bond acceptors (Lipinski definition) is 3. The van der Waals surface area contributed by atoms with E-state index in [1.807, 2.05) is 37.3 Å². The van der Waals surface area contributed by atoms with Crippen molar-refractivity contribution in [3.8, 4) is 0 Å². The summed E-state index contributed by atoms with van der Waals surface area (Å²) in [4.78, 5) is 14.8. The fourth-order valence-corrected chi connectivity index (χ4v) is 3.60. The highest BCUT2D eigenvalue weighted by atomic mass is 16.5. The van der Waals surface area contributed by atoms with E-state index in [4.69, 9.17) is 4.74 Å². The fraction of sp³-hybridized carbons (Fsp3) is 0.588. The van der Waals surface area contributed by atoms with Crippen LogP contribution in [-0.2, 0) is 9.53 Å². The first-order chi connectivity index (χ1) is 9.65. The summed E-state index contributed by atoms with van der Waals surface area (Å²) in [7, 11) is 2.20. The minimum absolute atomic E-state index is 0.0786. The zero-order valence-electron chi connectivity index (χ0n) is 12.3. The van der Waals surface area contributed by atoms with Crippen LogP contribution in [-0.4, -0.2) is 36.1 Å². The first-order valence-electron chi connectivity index (χ1n) is 7.62. The number of carbonyl (C=O) groups excluding carboxylic acids is 1. The Morgan fingerprint density at radius 1 is 1.20 bits per heavy atom. The van der Waals surface area contributed by atoms with E-state index in [1.54, 1.807) is 0 Å². The third kappa shape index (κ3) is 2.59. The largest absolute Gasteiger partial charge is 0.462 e. The van der Waals surface area contributed by atoms with E-state index < -0.39 is 0 Å². The highest BCUT2D eigenvalue weighted by molar-refractivity contribution is 5.77. The molecule has 2 aliphatic rings. The molecule has 1 unspecified atom stereocenters. The Morgan fingerprint density at radius 3 is 2.40 bits per heavy atom. The van der Waals surface area contributed by atoms with Crippen molar-refractivity contribution in [1.29, 1.82) is 0 Å². The van der Waals surface area contributed by atoms with Gasteiger partial charge in [-0.05, 0) is 45.2 Å². The summed E-state index contributed by atoms with van der Waals surface area (Å²) < 4.78 is 5.77. The number of benzene rings is 1. The molecular formula is C17H23NO2. The molecule has 1 aromatic carbocycles. The lowest BCUT2D eigenvalue weighted by Gasteiger charge is -2.36. The average molecular weight is 273 g/mol. The maximum atomic E-state index is 12.3. The SMILES string of the molecule is CC(C(=O)O[C@@H]1C[C@H]2CC[C@@H](C1)N2C)c1ccccc1. The van der Waals surface area contributed by atoms with Gasteiger partial charge < -0.3 is 9.64 Å². The van der Waals surface area contributed by atoms with Crippen LogP contribution < -0.4 is 0 Å². The highest BCUT2D eigenvalue weighted by Gasteiger charge is 2.40. The van der Waals surface area contributed by atoms with Crippen LogP contribution in [0, 0.1) is 0 Å². The molecule has 2 saturated heterocycles. The van der Waals surface area contributed by atoms with Gasteiger partial charge in [0.1, 0.15) is 6.10 Å². The Morgan fingerprint density at radius 2 is 1.80 bits per heavy atom. The number of esters is 1. The van der Waals surface area contributed by atoms with Crippen LogP contribution in [0.25, 0.3) is 0 Å². The van der Waals surface area contributed by atoms with Crippen LogP contribution in [0.15, 0.2) is 30.3 Å². The first kappa shape index (κ1) is 13.6. The predicted octanol–water partition coefficient (Wildman–Crippen LogP) is 2.96. The number of ether oxygens (including phenoxy) is 1. The third-order valence-electron chi connectivity index (χ3n) is 4.99. The molecule has 2 heterocycles. The monoisotopic (exact) mass is 273 g/mol. The molecule has 3 heteroatoms. The Kier molecular flexibility index (Phi) is 3.79. The van der Waals surface area contributed by atoms with E-state index in [2.05, 4.69) is 11.9 Å². The molecule has 0 spiro atoms. The van der Waals surface area contributed by atoms with Crippen LogP contribution in [0.5, 0.6) is 0 Å². The van der Waals surface area contributed by atoms with Gasteiger partial charge in [-0.15, -0.1) is 0 Å². The van der Waals surface area contributed by atoms with Crippen molar-refractivity contribution in [2.24, 2.45) is 0 Å². The molecule has 3 rings (SSSR count). The number of hydrogen-bond donors (Lipinski definition) is 0. The number of piperidine rings is 1. The van der Waals surface area contributed by atoms with Crippen molar-refractivity contribution in [3.63, 3.8) is 0 Å². The lowest BCUT2D eigenvalue weighted by molar-refractivity contribution is -0.153. The van der Waals surface area contributed by atoms with Crippen LogP contribution >= 0.6 is 0 Å². The van der Waals surface area contributed by atoms with Gasteiger partial charge in [0.25, 0.3) is 0 Å². The second kappa shape index (κ2) is 5.57. The lowest BCUT2D eigenvalue weighted by Crippen LogP contribution is -2.43. The van der Waals surface area contributed by atoms with E-state index in [-0.39, 0.29) is 18.0 Å². The number of fused-ring (bicyclic) bond motifs is 2. The Balaban J connectivity index is 1.60. The summed E-state index contributed by atoms with van der Waals surface area (Å²) in [6, 6.07) is 11.1. The minimum atomic E-state index is -0.173. The molecule has 0 aromatic heterocycles. The van der Waals surface area contributed by atoms with Gasteiger partial charge in [-0.3, -0.25) is 4.79 Å². The van der Waals surface area contributed by atoms with Gasteiger partial charge in [0.2, 0.25) is 0 Å². The molecule has 0 aliphatic carbocycles. The zero-order valence-corrected chi connectivity index (χ0v) is 12.3. The summed E-state index contributed by atoms with van der Waals surface area (Å²) in [6.07, 6.45) is 4.62. The molecule has 0 amide bonds. The number of nitrogens with zero attached hydrogens (tertiary/aromatic N) is 1. The summed E-state index contributed by atoms with van der Waals surface area (Å²) in [5.41, 5.74) is 1.04. The third-order valence-corrected chi connectivity index (χ3v) is 4.99. The van der Waals surface area contributed by atoms with Crippen molar-refractivity contribution < 1.29 is 9.53 Å². The van der Waals surface area contributed by atoms with Gasteiger partial charge in [0.05, 0.1) is 5.92 Å². The maximum Gasteiger partial charge on any atom is 0.313 e. The molecule has 4 atom stereocenters. The molecule has 2 bridgehead atoms. The summed E-state index contributed by atoms with van der Waals surface area (Å²) in [5.74, 6) is -0.251. The van der Waals surface area contributed by atoms with Gasteiger partial charge >= 0.3 is 5.97 Å². The van der Waals surface area contributed by atoms with E-state index in [0.29, 0.717) is 12.1 Å². The molecule has 0 saturated carbocycles. The zero-order chi connectivity index (χ0) is 14.1. The van der Waals surface area contributed by atoms with E-state index in [1.165, 1.54) is 12.8 Å². The summed E-state index contributed by atoms with van der Waals surface area (Å²) in [6.45, 7) is 1.93. The molecule has 2 aliphatic heterocycles. The number of rotatable bonds is 3. The molecule has 20 heavy (non-hydrogen) atoms. The fourth-order valence-electron chi connectivity index (χ4n) is 3.60. The topological polar surface area (TPSA) is 29.5 Å². The number of carbonyl (C=O) groups is 1. The van der Waals surface area contributed by atoms with Gasteiger partial charge in [0, 0.05) is 12.1 Å². The molecule has 1 aromatic rings. The van der Waals surface area contributed by atoms with Crippen LogP contribution in [0.1, 0.15) is 44.1 Å². The Labute approximate surface area is 120 Å². The summed E-state index contributed by atoms with van der Waals surface area (Å²) >= 11 is 0. The van der Waals surface area contributed by atoms with Gasteiger partial charge in [-0.2, -0.15) is 0 Å². The lowest BCUT2D eigenvalue weighted by atomic mass is 9.99. The Hall–Kier alpha value is -1.35. The molecule has 0 N–H and O–H groups in total. The van der Waals surface area contributed by atoms with E-state index >= 15 is 0 Å². The second-order valence-electron chi connectivity index (χ2n) is 6.21. The van der Waals surface area contributed by atoms with Crippen LogP contribution in [0.4, 0.5) is 0 Å². The van der Waals surface area contributed by atoms with Crippen LogP contribution in [0.2, 0.25) is 0 Å². The highest BCUT2D eigenvalue weighted by Crippen LogP contribution is 2.36. The smallest absolute Gasteiger partial charge is 0.313 e. The van der Waals surface area contributed by atoms with Gasteiger partial charge in [-0.25, -0.2) is 0 Å². The summed E-state index contributed by atoms with van der Waals surface area (Å²) in [5, 5.41) is 0. The quantitative estimate of drug-likeness (QED) is 0.793. The molecule has 2 fully saturated rings. The first-order valence-corrected chi connectivity index (χ1v) is 7.62. The van der Waals surface area contributed by atoms with E-state index in [9.17, 15) is 4.79 Å². The minimum Gasteiger partial charge on any atom is -0.462 e. The van der Waals surface area contributed by atoms with Crippen molar-refractivity contribution in [2.45, 2.75) is 56.7 Å². The molecule has 0 radical (unpaired) electrons.